The van der Waals surface area contributed by atoms with E-state index >= 15 is 0 Å². The van der Waals surface area contributed by atoms with Gasteiger partial charge in [0.15, 0.2) is 6.61 Å². The van der Waals surface area contributed by atoms with Gasteiger partial charge in [0.1, 0.15) is 0 Å². The second kappa shape index (κ2) is 7.16. The molecular weight excluding hydrogens is 322 g/mol. The maximum absolute atomic E-state index is 12.4. The topological polar surface area (TPSA) is 89.7 Å². The first-order chi connectivity index (χ1) is 12.0. The summed E-state index contributed by atoms with van der Waals surface area (Å²) in [5.41, 5.74) is 1.62. The summed E-state index contributed by atoms with van der Waals surface area (Å²) in [6, 6.07) is 2.09. The van der Waals surface area contributed by atoms with Crippen molar-refractivity contribution in [3.8, 4) is 0 Å². The molecule has 8 nitrogen and oxygen atoms in total. The number of fused-ring (bicyclic) bond motifs is 1. The molecule has 0 spiro atoms. The molecule has 0 saturated carbocycles. The van der Waals surface area contributed by atoms with Gasteiger partial charge in [0.2, 0.25) is 0 Å². The number of rotatable bonds is 4. The highest BCUT2D eigenvalue weighted by atomic mass is 16.5. The van der Waals surface area contributed by atoms with E-state index in [-0.39, 0.29) is 24.4 Å². The van der Waals surface area contributed by atoms with Crippen LogP contribution >= 0.6 is 0 Å². The van der Waals surface area contributed by atoms with Gasteiger partial charge in [-0.05, 0) is 45.6 Å². The van der Waals surface area contributed by atoms with Crippen molar-refractivity contribution in [3.63, 3.8) is 0 Å². The van der Waals surface area contributed by atoms with Crippen molar-refractivity contribution < 1.29 is 14.3 Å². The van der Waals surface area contributed by atoms with Gasteiger partial charge in [-0.1, -0.05) is 6.92 Å². The second-order valence-corrected chi connectivity index (χ2v) is 6.41. The van der Waals surface area contributed by atoms with Crippen LogP contribution in [0.4, 0.5) is 0 Å². The summed E-state index contributed by atoms with van der Waals surface area (Å²) in [6.07, 6.45) is 4.06. The Morgan fingerprint density at radius 2 is 2.08 bits per heavy atom. The molecule has 8 heteroatoms. The Morgan fingerprint density at radius 3 is 2.84 bits per heavy atom. The molecule has 1 aliphatic rings. The van der Waals surface area contributed by atoms with E-state index < -0.39 is 5.97 Å². The molecule has 0 radical (unpaired) electrons. The standard InChI is InChI=1S/C17H23N5O3/c1-4-13-7-5-6-8-21(13)14(23)10-25-16(24)15-19-17-18-11(2)9-12(3)22(17)20-15/h9,13H,4-8,10H2,1-3H3/t13-/m1/s1. The predicted molar refractivity (Wildman–Crippen MR) is 90.2 cm³/mol. The number of aryl methyl sites for hydroxylation is 2. The first-order valence-electron chi connectivity index (χ1n) is 8.67. The van der Waals surface area contributed by atoms with Gasteiger partial charge in [-0.25, -0.2) is 14.3 Å². The fourth-order valence-corrected chi connectivity index (χ4v) is 3.28. The van der Waals surface area contributed by atoms with Crippen LogP contribution in [0.1, 0.15) is 54.6 Å². The Balaban J connectivity index is 1.66. The average molecular weight is 345 g/mol. The van der Waals surface area contributed by atoms with Gasteiger partial charge in [0.25, 0.3) is 17.5 Å². The van der Waals surface area contributed by atoms with Crippen LogP contribution in [0.15, 0.2) is 6.07 Å². The second-order valence-electron chi connectivity index (χ2n) is 6.41. The number of piperidine rings is 1. The Bertz CT molecular complexity index is 801. The number of aromatic nitrogens is 4. The molecule has 2 aromatic heterocycles. The molecule has 0 unspecified atom stereocenters. The first kappa shape index (κ1) is 17.3. The number of esters is 1. The predicted octanol–water partition coefficient (Wildman–Crippen LogP) is 1.69. The molecule has 0 aromatic carbocycles. The smallest absolute Gasteiger partial charge is 0.378 e. The summed E-state index contributed by atoms with van der Waals surface area (Å²) in [7, 11) is 0. The average Bonchev–Trinajstić information content (AvgIpc) is 3.03. The van der Waals surface area contributed by atoms with Gasteiger partial charge in [-0.15, -0.1) is 5.10 Å². The molecule has 0 bridgehead atoms. The number of carbonyl (C=O) groups excluding carboxylic acids is 2. The first-order valence-corrected chi connectivity index (χ1v) is 8.67. The summed E-state index contributed by atoms with van der Waals surface area (Å²) < 4.78 is 6.63. The molecule has 1 saturated heterocycles. The highest BCUT2D eigenvalue weighted by Crippen LogP contribution is 2.19. The van der Waals surface area contributed by atoms with Crippen molar-refractivity contribution in [1.82, 2.24) is 24.5 Å². The molecule has 1 aliphatic heterocycles. The number of amides is 1. The lowest BCUT2D eigenvalue weighted by Crippen LogP contribution is -2.45. The molecule has 1 amide bonds. The zero-order chi connectivity index (χ0) is 18.0. The van der Waals surface area contributed by atoms with Crippen LogP contribution in [-0.2, 0) is 9.53 Å². The van der Waals surface area contributed by atoms with Gasteiger partial charge in [0.05, 0.1) is 0 Å². The van der Waals surface area contributed by atoms with Crippen molar-refractivity contribution in [3.05, 3.63) is 23.3 Å². The van der Waals surface area contributed by atoms with Crippen LogP contribution in [0.25, 0.3) is 5.78 Å². The third kappa shape index (κ3) is 3.62. The third-order valence-corrected chi connectivity index (χ3v) is 4.55. The number of ether oxygens (including phenoxy) is 1. The minimum absolute atomic E-state index is 0.0836. The van der Waals surface area contributed by atoms with Crippen molar-refractivity contribution in [2.24, 2.45) is 0 Å². The maximum atomic E-state index is 12.4. The van der Waals surface area contributed by atoms with Crippen LogP contribution in [0.3, 0.4) is 0 Å². The molecule has 0 N–H and O–H groups in total. The van der Waals surface area contributed by atoms with Crippen LogP contribution < -0.4 is 0 Å². The van der Waals surface area contributed by atoms with Gasteiger partial charge in [0, 0.05) is 24.0 Å². The summed E-state index contributed by atoms with van der Waals surface area (Å²) >= 11 is 0. The van der Waals surface area contributed by atoms with Crippen molar-refractivity contribution in [2.45, 2.75) is 52.5 Å². The highest BCUT2D eigenvalue weighted by Gasteiger charge is 2.26. The van der Waals surface area contributed by atoms with E-state index in [0.717, 1.165) is 43.6 Å². The highest BCUT2D eigenvalue weighted by molar-refractivity contribution is 5.88. The minimum atomic E-state index is -0.707. The summed E-state index contributed by atoms with van der Waals surface area (Å²) in [5.74, 6) is -0.604. The van der Waals surface area contributed by atoms with Crippen LogP contribution in [0.2, 0.25) is 0 Å². The molecule has 0 aliphatic carbocycles. The van der Waals surface area contributed by atoms with Gasteiger partial charge in [-0.3, -0.25) is 4.79 Å². The Labute approximate surface area is 146 Å². The molecule has 1 fully saturated rings. The molecule has 3 heterocycles. The zero-order valence-corrected chi connectivity index (χ0v) is 14.9. The fourth-order valence-electron chi connectivity index (χ4n) is 3.28. The summed E-state index contributed by atoms with van der Waals surface area (Å²) in [4.78, 5) is 34.7. The molecule has 134 valence electrons. The molecule has 2 aromatic rings. The Hall–Kier alpha value is -2.51. The Morgan fingerprint density at radius 1 is 1.28 bits per heavy atom. The van der Waals surface area contributed by atoms with E-state index in [4.69, 9.17) is 4.74 Å². The van der Waals surface area contributed by atoms with Gasteiger partial charge >= 0.3 is 5.97 Å². The minimum Gasteiger partial charge on any atom is -0.450 e. The summed E-state index contributed by atoms with van der Waals surface area (Å²) in [6.45, 7) is 6.22. The van der Waals surface area contributed by atoms with Crippen molar-refractivity contribution in [1.29, 1.82) is 0 Å². The molecule has 3 rings (SSSR count). The van der Waals surface area contributed by atoms with Crippen LogP contribution in [0, 0.1) is 13.8 Å². The monoisotopic (exact) mass is 345 g/mol. The van der Waals surface area contributed by atoms with E-state index in [2.05, 4.69) is 22.0 Å². The quantitative estimate of drug-likeness (QED) is 0.783. The van der Waals surface area contributed by atoms with Crippen LogP contribution in [-0.4, -0.2) is 55.6 Å². The lowest BCUT2D eigenvalue weighted by atomic mass is 10.00. The van der Waals surface area contributed by atoms with E-state index in [1.54, 1.807) is 0 Å². The van der Waals surface area contributed by atoms with E-state index in [1.165, 1.54) is 4.52 Å². The van der Waals surface area contributed by atoms with E-state index in [9.17, 15) is 9.59 Å². The Kier molecular flexibility index (Phi) is 4.96. The van der Waals surface area contributed by atoms with Crippen molar-refractivity contribution >= 4 is 17.7 Å². The number of likely N-dealkylation sites (tertiary alicyclic amines) is 1. The van der Waals surface area contributed by atoms with Gasteiger partial charge < -0.3 is 9.64 Å². The third-order valence-electron chi connectivity index (χ3n) is 4.55. The maximum Gasteiger partial charge on any atom is 0.378 e. The number of nitrogens with zero attached hydrogens (tertiary/aromatic N) is 5. The molecule has 25 heavy (non-hydrogen) atoms. The normalized spacial score (nSPS) is 17.7. The zero-order valence-electron chi connectivity index (χ0n) is 14.9. The number of carbonyl (C=O) groups is 2. The SMILES string of the molecule is CC[C@@H]1CCCCN1C(=O)COC(=O)c1nc2nc(C)cc(C)n2n1. The summed E-state index contributed by atoms with van der Waals surface area (Å²) in [5, 5.41) is 4.12. The fraction of sp³-hybridized carbons (Fsp3) is 0.588. The van der Waals surface area contributed by atoms with Crippen LogP contribution in [0.5, 0.6) is 0 Å². The molecule has 1 atom stereocenters. The number of hydrogen-bond donors (Lipinski definition) is 0. The lowest BCUT2D eigenvalue weighted by molar-refractivity contribution is -0.138. The molecular formula is C17H23N5O3. The number of hydrogen-bond acceptors (Lipinski definition) is 6. The lowest BCUT2D eigenvalue weighted by Gasteiger charge is -2.35. The largest absolute Gasteiger partial charge is 0.450 e. The van der Waals surface area contributed by atoms with E-state index in [1.807, 2.05) is 24.8 Å². The van der Waals surface area contributed by atoms with E-state index in [0.29, 0.717) is 5.78 Å². The van der Waals surface area contributed by atoms with Crippen molar-refractivity contribution in [2.75, 3.05) is 13.2 Å². The van der Waals surface area contributed by atoms with Gasteiger partial charge in [-0.2, -0.15) is 4.98 Å².